The van der Waals surface area contributed by atoms with Gasteiger partial charge in [-0.2, -0.15) is 0 Å². The van der Waals surface area contributed by atoms with Crippen molar-refractivity contribution in [1.29, 1.82) is 0 Å². The van der Waals surface area contributed by atoms with Crippen LogP contribution in [-0.2, 0) is 14.6 Å². The Labute approximate surface area is 157 Å². The number of amides is 1. The van der Waals surface area contributed by atoms with Gasteiger partial charge in [-0.25, -0.2) is 8.42 Å². The Bertz CT molecular complexity index is 630. The fourth-order valence-electron chi connectivity index (χ4n) is 5.44. The van der Waals surface area contributed by atoms with Crippen LogP contribution in [0, 0.1) is 11.8 Å². The molecule has 1 aliphatic carbocycles. The maximum Gasteiger partial charge on any atom is 0.222 e. The second-order valence-electron chi connectivity index (χ2n) is 9.08. The summed E-state index contributed by atoms with van der Waals surface area (Å²) in [6.45, 7) is 5.91. The number of rotatable bonds is 4. The highest BCUT2D eigenvalue weighted by atomic mass is 32.2. The van der Waals surface area contributed by atoms with E-state index in [2.05, 4.69) is 16.8 Å². The average molecular weight is 384 g/mol. The zero-order valence-corrected chi connectivity index (χ0v) is 16.8. The van der Waals surface area contributed by atoms with Crippen molar-refractivity contribution in [1.82, 2.24) is 14.7 Å². The highest BCUT2D eigenvalue weighted by Gasteiger charge is 2.62. The third-order valence-corrected chi connectivity index (χ3v) is 9.98. The minimum absolute atomic E-state index is 0.183. The second kappa shape index (κ2) is 7.06. The Morgan fingerprint density at radius 3 is 2.35 bits per heavy atom. The maximum atomic E-state index is 12.8. The van der Waals surface area contributed by atoms with Crippen molar-refractivity contribution < 1.29 is 13.2 Å². The number of likely N-dealkylation sites (N-methyl/N-ethyl adjacent to an activating group) is 1. The molecule has 1 atom stereocenters. The normalized spacial score (nSPS) is 32.2. The molecule has 0 aromatic heterocycles. The average Bonchev–Trinajstić information content (AvgIpc) is 3.14. The predicted molar refractivity (Wildman–Crippen MR) is 102 cm³/mol. The lowest BCUT2D eigenvalue weighted by Crippen LogP contribution is -2.69. The molecule has 1 unspecified atom stereocenters. The first-order valence-electron chi connectivity index (χ1n) is 10.3. The number of hydrogen-bond donors (Lipinski definition) is 0. The monoisotopic (exact) mass is 383 g/mol. The topological polar surface area (TPSA) is 60.9 Å². The van der Waals surface area contributed by atoms with E-state index < -0.39 is 14.6 Å². The molecule has 1 spiro atoms. The van der Waals surface area contributed by atoms with E-state index in [0.29, 0.717) is 31.2 Å². The van der Waals surface area contributed by atoms with Gasteiger partial charge < -0.3 is 14.7 Å². The van der Waals surface area contributed by atoms with E-state index in [0.717, 1.165) is 52.0 Å². The summed E-state index contributed by atoms with van der Waals surface area (Å²) in [6.07, 6.45) is 6.19. The molecule has 1 amide bonds. The Balaban J connectivity index is 1.37. The van der Waals surface area contributed by atoms with Crippen molar-refractivity contribution >= 4 is 15.7 Å². The van der Waals surface area contributed by atoms with Gasteiger partial charge in [0.05, 0.1) is 5.75 Å². The Morgan fingerprint density at radius 1 is 1.04 bits per heavy atom. The second-order valence-corrected chi connectivity index (χ2v) is 11.5. The van der Waals surface area contributed by atoms with E-state index in [1.807, 2.05) is 4.90 Å². The van der Waals surface area contributed by atoms with Crippen LogP contribution in [0.3, 0.4) is 0 Å². The van der Waals surface area contributed by atoms with E-state index >= 15 is 0 Å². The first kappa shape index (κ1) is 18.7. The number of piperazine rings is 1. The van der Waals surface area contributed by atoms with E-state index in [4.69, 9.17) is 0 Å². The standard InChI is InChI=1S/C19H33N3O3S/c1-20-7-9-21(10-8-20)13-17-6-11-26(24,25)19(17)14-22(15-19)18(23)12-16-4-2-3-5-16/h16-17H,2-15H2,1H3. The maximum absolute atomic E-state index is 12.8. The van der Waals surface area contributed by atoms with Gasteiger partial charge in [-0.05, 0) is 38.1 Å². The van der Waals surface area contributed by atoms with Crippen molar-refractivity contribution in [2.75, 3.05) is 58.6 Å². The van der Waals surface area contributed by atoms with Gasteiger partial charge >= 0.3 is 0 Å². The molecular weight excluding hydrogens is 350 g/mol. The first-order chi connectivity index (χ1) is 12.4. The highest BCUT2D eigenvalue weighted by Crippen LogP contribution is 2.45. The fourth-order valence-corrected chi connectivity index (χ4v) is 7.85. The SMILES string of the molecule is CN1CCN(CC2CCS(=O)(=O)C23CN(C(=O)CC2CCCC2)C3)CC1. The molecule has 148 valence electrons. The lowest BCUT2D eigenvalue weighted by molar-refractivity contribution is -0.138. The van der Waals surface area contributed by atoms with Gasteiger partial charge in [0.15, 0.2) is 9.84 Å². The van der Waals surface area contributed by atoms with E-state index in [1.165, 1.54) is 12.8 Å². The third-order valence-electron chi connectivity index (χ3n) is 7.38. The van der Waals surface area contributed by atoms with Crippen molar-refractivity contribution in [3.8, 4) is 0 Å². The molecule has 4 aliphatic rings. The number of carbonyl (C=O) groups is 1. The van der Waals surface area contributed by atoms with Crippen LogP contribution in [0.2, 0.25) is 0 Å². The number of likely N-dealkylation sites (tertiary alicyclic amines) is 1. The van der Waals surface area contributed by atoms with Gasteiger partial charge in [-0.1, -0.05) is 12.8 Å². The summed E-state index contributed by atoms with van der Waals surface area (Å²) in [5.41, 5.74) is 0. The van der Waals surface area contributed by atoms with Crippen LogP contribution in [0.5, 0.6) is 0 Å². The van der Waals surface area contributed by atoms with Crippen LogP contribution in [0.4, 0.5) is 0 Å². The molecule has 3 heterocycles. The molecule has 3 saturated heterocycles. The van der Waals surface area contributed by atoms with Crippen molar-refractivity contribution in [3.05, 3.63) is 0 Å². The van der Waals surface area contributed by atoms with E-state index in [-0.39, 0.29) is 11.8 Å². The molecule has 0 N–H and O–H groups in total. The molecule has 3 aliphatic heterocycles. The molecule has 0 bridgehead atoms. The quantitative estimate of drug-likeness (QED) is 0.720. The summed E-state index contributed by atoms with van der Waals surface area (Å²) in [4.78, 5) is 19.2. The Kier molecular flexibility index (Phi) is 5.07. The molecule has 7 heteroatoms. The first-order valence-corrected chi connectivity index (χ1v) is 12.0. The number of nitrogens with zero attached hydrogens (tertiary/aromatic N) is 3. The molecule has 1 saturated carbocycles. The van der Waals surface area contributed by atoms with Crippen molar-refractivity contribution in [3.63, 3.8) is 0 Å². The van der Waals surface area contributed by atoms with Crippen LogP contribution in [0.15, 0.2) is 0 Å². The number of hydrogen-bond acceptors (Lipinski definition) is 5. The van der Waals surface area contributed by atoms with Crippen LogP contribution in [-0.4, -0.2) is 92.4 Å². The van der Waals surface area contributed by atoms with Crippen LogP contribution >= 0.6 is 0 Å². The van der Waals surface area contributed by atoms with Gasteiger partial charge in [0.2, 0.25) is 5.91 Å². The lowest BCUT2D eigenvalue weighted by Gasteiger charge is -2.51. The zero-order valence-electron chi connectivity index (χ0n) is 16.0. The van der Waals surface area contributed by atoms with Crippen LogP contribution < -0.4 is 0 Å². The molecule has 6 nitrogen and oxygen atoms in total. The van der Waals surface area contributed by atoms with Crippen LogP contribution in [0.25, 0.3) is 0 Å². The number of carbonyl (C=O) groups excluding carboxylic acids is 1. The minimum atomic E-state index is -3.09. The van der Waals surface area contributed by atoms with Gasteiger partial charge in [0.1, 0.15) is 4.75 Å². The predicted octanol–water partition coefficient (Wildman–Crippen LogP) is 0.830. The summed E-state index contributed by atoms with van der Waals surface area (Å²) in [6, 6.07) is 0. The summed E-state index contributed by atoms with van der Waals surface area (Å²) in [5, 5.41) is 0. The Morgan fingerprint density at radius 2 is 1.69 bits per heavy atom. The van der Waals surface area contributed by atoms with Gasteiger partial charge in [0, 0.05) is 52.2 Å². The molecule has 4 rings (SSSR count). The smallest absolute Gasteiger partial charge is 0.222 e. The Hall–Kier alpha value is -0.660. The zero-order chi connectivity index (χ0) is 18.4. The molecule has 0 aromatic rings. The van der Waals surface area contributed by atoms with Crippen molar-refractivity contribution in [2.24, 2.45) is 11.8 Å². The summed E-state index contributed by atoms with van der Waals surface area (Å²) in [5.74, 6) is 1.20. The van der Waals surface area contributed by atoms with Crippen LogP contribution in [0.1, 0.15) is 38.5 Å². The van der Waals surface area contributed by atoms with Gasteiger partial charge in [-0.3, -0.25) is 4.79 Å². The summed E-state index contributed by atoms with van der Waals surface area (Å²) < 4.78 is 25.0. The minimum Gasteiger partial charge on any atom is -0.339 e. The van der Waals surface area contributed by atoms with Gasteiger partial charge in [0.25, 0.3) is 0 Å². The lowest BCUT2D eigenvalue weighted by atomic mass is 9.82. The van der Waals surface area contributed by atoms with Gasteiger partial charge in [-0.15, -0.1) is 0 Å². The summed E-state index contributed by atoms with van der Waals surface area (Å²) in [7, 11) is -0.948. The molecule has 0 radical (unpaired) electrons. The third kappa shape index (κ3) is 3.31. The van der Waals surface area contributed by atoms with E-state index in [9.17, 15) is 13.2 Å². The van der Waals surface area contributed by atoms with E-state index in [1.54, 1.807) is 0 Å². The fraction of sp³-hybridized carbons (Fsp3) is 0.947. The summed E-state index contributed by atoms with van der Waals surface area (Å²) >= 11 is 0. The molecule has 26 heavy (non-hydrogen) atoms. The highest BCUT2D eigenvalue weighted by molar-refractivity contribution is 7.93. The number of sulfone groups is 1. The van der Waals surface area contributed by atoms with Crippen molar-refractivity contribution in [2.45, 2.75) is 43.3 Å². The molecule has 4 fully saturated rings. The largest absolute Gasteiger partial charge is 0.339 e. The molecule has 0 aromatic carbocycles. The molecular formula is C19H33N3O3S.